The van der Waals surface area contributed by atoms with Crippen molar-refractivity contribution in [1.82, 2.24) is 0 Å². The first kappa shape index (κ1) is 10.6. The highest BCUT2D eigenvalue weighted by molar-refractivity contribution is 5.65. The van der Waals surface area contributed by atoms with Crippen molar-refractivity contribution in [1.29, 1.82) is 0 Å². The van der Waals surface area contributed by atoms with Crippen LogP contribution in [0.1, 0.15) is 26.2 Å². The molecule has 2 heterocycles. The second-order valence-corrected chi connectivity index (χ2v) is 4.32. The van der Waals surface area contributed by atoms with Gasteiger partial charge in [-0.05, 0) is 12.8 Å². The minimum Gasteiger partial charge on any atom is -0.465 e. The first-order valence-electron chi connectivity index (χ1n) is 5.45. The van der Waals surface area contributed by atoms with E-state index >= 15 is 0 Å². The lowest BCUT2D eigenvalue weighted by atomic mass is 9.78. The molecule has 0 N–H and O–H groups in total. The van der Waals surface area contributed by atoms with Gasteiger partial charge in [0.05, 0.1) is 18.8 Å². The molecule has 0 aromatic carbocycles. The number of rotatable bonds is 4. The second kappa shape index (κ2) is 4.31. The van der Waals surface area contributed by atoms with E-state index in [1.165, 1.54) is 6.92 Å². The van der Waals surface area contributed by atoms with E-state index < -0.39 is 0 Å². The third-order valence-electron chi connectivity index (χ3n) is 3.44. The number of carbonyl (C=O) groups excluding carboxylic acids is 2. The Bertz CT molecular complexity index is 263. The van der Waals surface area contributed by atoms with Crippen molar-refractivity contribution in [2.24, 2.45) is 11.8 Å². The van der Waals surface area contributed by atoms with Gasteiger partial charge in [-0.2, -0.15) is 0 Å². The molecule has 0 aromatic heterocycles. The molecule has 0 saturated carbocycles. The predicted octanol–water partition coefficient (Wildman–Crippen LogP) is 0.932. The van der Waals surface area contributed by atoms with E-state index in [4.69, 9.17) is 9.47 Å². The van der Waals surface area contributed by atoms with Crippen LogP contribution < -0.4 is 0 Å². The van der Waals surface area contributed by atoms with E-state index in [1.54, 1.807) is 0 Å². The molecular weight excluding hydrogens is 196 g/mol. The zero-order valence-electron chi connectivity index (χ0n) is 8.85. The molecule has 4 nitrogen and oxygen atoms in total. The Hall–Kier alpha value is -0.900. The zero-order chi connectivity index (χ0) is 10.8. The van der Waals surface area contributed by atoms with Gasteiger partial charge in [-0.25, -0.2) is 0 Å². The standard InChI is InChI=1S/C11H16O4/c1-7(13)14-6-9-8(4-5-12)10-2-3-11(9)15-10/h5,8-11H,2-4,6H2,1H3. The van der Waals surface area contributed by atoms with Gasteiger partial charge in [0.2, 0.25) is 0 Å². The normalized spacial score (nSPS) is 37.9. The molecule has 0 amide bonds. The molecule has 4 unspecified atom stereocenters. The minimum atomic E-state index is -0.261. The number of aldehydes is 1. The SMILES string of the molecule is CC(=O)OCC1C2CCC(O2)C1CC=O. The van der Waals surface area contributed by atoms with Crippen LogP contribution in [0.4, 0.5) is 0 Å². The van der Waals surface area contributed by atoms with Crippen molar-refractivity contribution >= 4 is 12.3 Å². The summed E-state index contributed by atoms with van der Waals surface area (Å²) in [7, 11) is 0. The Morgan fingerprint density at radius 1 is 1.40 bits per heavy atom. The number of esters is 1. The van der Waals surface area contributed by atoms with Crippen molar-refractivity contribution in [2.75, 3.05) is 6.61 Å². The third kappa shape index (κ3) is 2.04. The maximum atomic E-state index is 10.7. The molecule has 0 spiro atoms. The Morgan fingerprint density at radius 3 is 2.67 bits per heavy atom. The fourth-order valence-corrected chi connectivity index (χ4v) is 2.75. The first-order valence-corrected chi connectivity index (χ1v) is 5.45. The quantitative estimate of drug-likeness (QED) is 0.514. The molecule has 15 heavy (non-hydrogen) atoms. The van der Waals surface area contributed by atoms with Gasteiger partial charge < -0.3 is 14.3 Å². The molecule has 0 aliphatic carbocycles. The summed E-state index contributed by atoms with van der Waals surface area (Å²) in [5, 5.41) is 0. The van der Waals surface area contributed by atoms with Gasteiger partial charge in [0, 0.05) is 25.2 Å². The lowest BCUT2D eigenvalue weighted by Crippen LogP contribution is -2.31. The van der Waals surface area contributed by atoms with Crippen LogP contribution >= 0.6 is 0 Å². The summed E-state index contributed by atoms with van der Waals surface area (Å²) < 4.78 is 10.8. The van der Waals surface area contributed by atoms with Gasteiger partial charge in [0.1, 0.15) is 6.29 Å². The number of hydrogen-bond donors (Lipinski definition) is 0. The number of ether oxygens (including phenoxy) is 2. The molecule has 2 bridgehead atoms. The van der Waals surface area contributed by atoms with Crippen LogP contribution in [-0.2, 0) is 19.1 Å². The van der Waals surface area contributed by atoms with E-state index in [0.717, 1.165) is 19.1 Å². The average molecular weight is 212 g/mol. The maximum absolute atomic E-state index is 10.7. The van der Waals surface area contributed by atoms with E-state index in [0.29, 0.717) is 13.0 Å². The molecule has 2 saturated heterocycles. The van der Waals surface area contributed by atoms with Crippen molar-refractivity contribution in [3.05, 3.63) is 0 Å². The summed E-state index contributed by atoms with van der Waals surface area (Å²) in [5.41, 5.74) is 0. The van der Waals surface area contributed by atoms with Crippen molar-refractivity contribution in [3.8, 4) is 0 Å². The Balaban J connectivity index is 1.95. The fraction of sp³-hybridized carbons (Fsp3) is 0.818. The lowest BCUT2D eigenvalue weighted by molar-refractivity contribution is -0.143. The molecule has 4 atom stereocenters. The summed E-state index contributed by atoms with van der Waals surface area (Å²) in [6, 6.07) is 0. The van der Waals surface area contributed by atoms with Crippen molar-refractivity contribution < 1.29 is 19.1 Å². The Kier molecular flexibility index (Phi) is 3.05. The molecule has 2 aliphatic heterocycles. The van der Waals surface area contributed by atoms with E-state index in [1.807, 2.05) is 0 Å². The van der Waals surface area contributed by atoms with Gasteiger partial charge in [0.15, 0.2) is 0 Å². The smallest absolute Gasteiger partial charge is 0.302 e. The molecule has 2 aliphatic rings. The van der Waals surface area contributed by atoms with Gasteiger partial charge in [-0.3, -0.25) is 4.79 Å². The predicted molar refractivity (Wildman–Crippen MR) is 52.2 cm³/mol. The third-order valence-corrected chi connectivity index (χ3v) is 3.44. The summed E-state index contributed by atoms with van der Waals surface area (Å²) in [5.74, 6) is 0.209. The minimum absolute atomic E-state index is 0.194. The molecular formula is C11H16O4. The first-order chi connectivity index (χ1) is 7.22. The van der Waals surface area contributed by atoms with E-state index in [2.05, 4.69) is 0 Å². The van der Waals surface area contributed by atoms with E-state index in [-0.39, 0.29) is 30.0 Å². The topological polar surface area (TPSA) is 52.6 Å². The van der Waals surface area contributed by atoms with Crippen molar-refractivity contribution in [3.63, 3.8) is 0 Å². The maximum Gasteiger partial charge on any atom is 0.302 e. The van der Waals surface area contributed by atoms with Gasteiger partial charge >= 0.3 is 5.97 Å². The molecule has 2 fully saturated rings. The number of fused-ring (bicyclic) bond motifs is 2. The molecule has 0 aromatic rings. The Labute approximate surface area is 88.9 Å². The van der Waals surface area contributed by atoms with Crippen LogP contribution in [0.25, 0.3) is 0 Å². The Morgan fingerprint density at radius 2 is 2.07 bits per heavy atom. The largest absolute Gasteiger partial charge is 0.465 e. The van der Waals surface area contributed by atoms with Crippen LogP contribution in [0.15, 0.2) is 0 Å². The molecule has 0 radical (unpaired) electrons. The second-order valence-electron chi connectivity index (χ2n) is 4.32. The van der Waals surface area contributed by atoms with Gasteiger partial charge in [0.25, 0.3) is 0 Å². The summed E-state index contributed by atoms with van der Waals surface area (Å²) in [6.45, 7) is 1.80. The monoisotopic (exact) mass is 212 g/mol. The highest BCUT2D eigenvalue weighted by Crippen LogP contribution is 2.44. The lowest BCUT2D eigenvalue weighted by Gasteiger charge is -2.25. The molecule has 84 valence electrons. The average Bonchev–Trinajstić information content (AvgIpc) is 2.76. The van der Waals surface area contributed by atoms with Gasteiger partial charge in [-0.15, -0.1) is 0 Å². The highest BCUT2D eigenvalue weighted by atomic mass is 16.5. The van der Waals surface area contributed by atoms with Crippen LogP contribution in [0, 0.1) is 11.8 Å². The van der Waals surface area contributed by atoms with E-state index in [9.17, 15) is 9.59 Å². The zero-order valence-corrected chi connectivity index (χ0v) is 8.85. The van der Waals surface area contributed by atoms with Crippen LogP contribution in [0.5, 0.6) is 0 Å². The molecule has 4 heteroatoms. The summed E-state index contributed by atoms with van der Waals surface area (Å²) in [6.07, 6.45) is 3.94. The highest BCUT2D eigenvalue weighted by Gasteiger charge is 2.48. The van der Waals surface area contributed by atoms with Crippen LogP contribution in [0.2, 0.25) is 0 Å². The molecule has 2 rings (SSSR count). The summed E-state index contributed by atoms with van der Waals surface area (Å²) >= 11 is 0. The fourth-order valence-electron chi connectivity index (χ4n) is 2.75. The number of hydrogen-bond acceptors (Lipinski definition) is 4. The van der Waals surface area contributed by atoms with Gasteiger partial charge in [-0.1, -0.05) is 0 Å². The van der Waals surface area contributed by atoms with Crippen LogP contribution in [0.3, 0.4) is 0 Å². The number of carbonyl (C=O) groups is 2. The summed E-state index contributed by atoms with van der Waals surface area (Å²) in [4.78, 5) is 21.3. The van der Waals surface area contributed by atoms with Crippen molar-refractivity contribution in [2.45, 2.75) is 38.4 Å². The van der Waals surface area contributed by atoms with Crippen LogP contribution in [-0.4, -0.2) is 31.1 Å².